The van der Waals surface area contributed by atoms with Gasteiger partial charge in [-0.3, -0.25) is 24.0 Å². The third kappa shape index (κ3) is 4.63. The van der Waals surface area contributed by atoms with E-state index in [0.717, 1.165) is 37.4 Å². The zero-order chi connectivity index (χ0) is 27.8. The molecule has 2 aromatic heterocycles. The molecule has 4 aromatic rings. The van der Waals surface area contributed by atoms with Crippen LogP contribution in [0.4, 0.5) is 8.78 Å². The average molecular weight is 546 g/mol. The van der Waals surface area contributed by atoms with Crippen molar-refractivity contribution in [2.75, 3.05) is 18.1 Å². The van der Waals surface area contributed by atoms with Gasteiger partial charge in [0.25, 0.3) is 5.91 Å². The van der Waals surface area contributed by atoms with E-state index in [-0.39, 0.29) is 42.2 Å². The van der Waals surface area contributed by atoms with Crippen molar-refractivity contribution in [1.82, 2.24) is 19.4 Å². The minimum absolute atomic E-state index is 0.00819. The highest BCUT2D eigenvalue weighted by atomic mass is 19.1. The second-order valence-electron chi connectivity index (χ2n) is 10.1. The van der Waals surface area contributed by atoms with E-state index in [4.69, 9.17) is 4.74 Å². The molecule has 6 rings (SSSR count). The summed E-state index contributed by atoms with van der Waals surface area (Å²) in [7, 11) is 0. The van der Waals surface area contributed by atoms with Gasteiger partial charge in [-0.2, -0.15) is 5.10 Å². The van der Waals surface area contributed by atoms with Crippen molar-refractivity contribution in [2.24, 2.45) is 0 Å². The van der Waals surface area contributed by atoms with Crippen molar-refractivity contribution in [3.63, 3.8) is 0 Å². The van der Waals surface area contributed by atoms with Gasteiger partial charge >= 0.3 is 0 Å². The monoisotopic (exact) mass is 545 g/mol. The number of carbonyl (C=O) groups is 1. The summed E-state index contributed by atoms with van der Waals surface area (Å²) >= 11 is 0. The Hall–Kier alpha value is -4.47. The summed E-state index contributed by atoms with van der Waals surface area (Å²) in [5.74, 6) is -1.57. The molecular weight excluding hydrogens is 516 g/mol. The molecule has 2 aromatic carbocycles. The summed E-state index contributed by atoms with van der Waals surface area (Å²) in [6, 6.07) is 12.9. The van der Waals surface area contributed by atoms with Gasteiger partial charge in [-0.05, 0) is 37.8 Å². The largest absolute Gasteiger partial charge is 0.482 e. The number of pyridine rings is 1. The SMILES string of the molecule is CCN1C(=O)c2c(OCc3ccccc3)c(=O)c(-c3cnn(Cc4ccc(F)cc4F)c3)cn2N2CCCC[C@@H]12. The van der Waals surface area contributed by atoms with E-state index in [1.165, 1.54) is 23.0 Å². The van der Waals surface area contributed by atoms with Gasteiger partial charge in [0, 0.05) is 42.7 Å². The zero-order valence-corrected chi connectivity index (χ0v) is 22.1. The predicted molar refractivity (Wildman–Crippen MR) is 146 cm³/mol. The van der Waals surface area contributed by atoms with Crippen molar-refractivity contribution >= 4 is 5.91 Å². The number of aromatic nitrogens is 3. The summed E-state index contributed by atoms with van der Waals surface area (Å²) in [5, 5.41) is 6.45. The molecule has 0 N–H and O–H groups in total. The molecule has 1 saturated heterocycles. The van der Waals surface area contributed by atoms with Crippen molar-refractivity contribution in [3.8, 4) is 16.9 Å². The van der Waals surface area contributed by atoms with Crippen LogP contribution >= 0.6 is 0 Å². The highest BCUT2D eigenvalue weighted by molar-refractivity contribution is 5.97. The molecule has 40 heavy (non-hydrogen) atoms. The highest BCUT2D eigenvalue weighted by Gasteiger charge is 2.41. The van der Waals surface area contributed by atoms with Gasteiger partial charge in [0.2, 0.25) is 5.43 Å². The molecule has 2 aliphatic rings. The summed E-state index contributed by atoms with van der Waals surface area (Å²) < 4.78 is 37.0. The first-order valence-corrected chi connectivity index (χ1v) is 13.5. The molecule has 4 heterocycles. The highest BCUT2D eigenvalue weighted by Crippen LogP contribution is 2.32. The summed E-state index contributed by atoms with van der Waals surface area (Å²) in [5.41, 5.74) is 1.75. The Kier molecular flexibility index (Phi) is 6.83. The summed E-state index contributed by atoms with van der Waals surface area (Å²) in [6.07, 6.45) is 7.56. The Morgan fingerprint density at radius 1 is 1.05 bits per heavy atom. The van der Waals surface area contributed by atoms with Crippen LogP contribution in [0.25, 0.3) is 11.1 Å². The fourth-order valence-electron chi connectivity index (χ4n) is 5.55. The Bertz CT molecular complexity index is 1620. The molecule has 0 radical (unpaired) electrons. The van der Waals surface area contributed by atoms with Crippen LogP contribution in [0.2, 0.25) is 0 Å². The normalized spacial score (nSPS) is 16.6. The first-order valence-electron chi connectivity index (χ1n) is 13.5. The molecule has 0 bridgehead atoms. The molecule has 1 atom stereocenters. The third-order valence-electron chi connectivity index (χ3n) is 7.55. The van der Waals surface area contributed by atoms with Crippen LogP contribution < -0.4 is 15.2 Å². The number of benzene rings is 2. The first kappa shape index (κ1) is 25.8. The fraction of sp³-hybridized carbons (Fsp3) is 0.300. The molecule has 0 spiro atoms. The van der Waals surface area contributed by atoms with E-state index in [9.17, 15) is 18.4 Å². The Balaban J connectivity index is 1.44. The number of hydrogen-bond acceptors (Lipinski definition) is 5. The maximum Gasteiger partial charge on any atom is 0.278 e. The molecule has 0 unspecified atom stereocenters. The molecule has 0 aliphatic carbocycles. The van der Waals surface area contributed by atoms with Gasteiger partial charge in [0.15, 0.2) is 11.4 Å². The number of amides is 1. The van der Waals surface area contributed by atoms with Gasteiger partial charge in [0.05, 0.1) is 18.3 Å². The number of halogens is 2. The number of rotatable bonds is 7. The van der Waals surface area contributed by atoms with Crippen LogP contribution in [0.1, 0.15) is 47.8 Å². The molecule has 1 amide bonds. The van der Waals surface area contributed by atoms with Crippen LogP contribution in [-0.2, 0) is 13.2 Å². The number of carbonyl (C=O) groups excluding carboxylic acids is 1. The molecular formula is C30H29F2N5O3. The second-order valence-corrected chi connectivity index (χ2v) is 10.1. The Morgan fingerprint density at radius 3 is 2.65 bits per heavy atom. The van der Waals surface area contributed by atoms with Gasteiger partial charge in [-0.15, -0.1) is 0 Å². The first-order chi connectivity index (χ1) is 19.4. The van der Waals surface area contributed by atoms with Crippen LogP contribution in [0.3, 0.4) is 0 Å². The van der Waals surface area contributed by atoms with Crippen LogP contribution in [-0.4, -0.2) is 44.5 Å². The Morgan fingerprint density at radius 2 is 1.88 bits per heavy atom. The summed E-state index contributed by atoms with van der Waals surface area (Å²) in [6.45, 7) is 3.37. The zero-order valence-electron chi connectivity index (χ0n) is 22.1. The third-order valence-corrected chi connectivity index (χ3v) is 7.55. The number of ether oxygens (including phenoxy) is 1. The van der Waals surface area contributed by atoms with E-state index >= 15 is 0 Å². The van der Waals surface area contributed by atoms with E-state index in [1.54, 1.807) is 22.0 Å². The molecule has 2 aliphatic heterocycles. The van der Waals surface area contributed by atoms with Crippen molar-refractivity contribution in [3.05, 3.63) is 106 Å². The quantitative estimate of drug-likeness (QED) is 0.341. The van der Waals surface area contributed by atoms with E-state index in [2.05, 4.69) is 10.1 Å². The number of hydrogen-bond donors (Lipinski definition) is 0. The Labute approximate surface area is 230 Å². The minimum atomic E-state index is -0.669. The number of nitrogens with zero attached hydrogens (tertiary/aromatic N) is 5. The molecule has 206 valence electrons. The van der Waals surface area contributed by atoms with E-state index in [1.807, 2.05) is 37.3 Å². The molecule has 8 nitrogen and oxygen atoms in total. The van der Waals surface area contributed by atoms with Gasteiger partial charge < -0.3 is 9.64 Å². The minimum Gasteiger partial charge on any atom is -0.482 e. The lowest BCUT2D eigenvalue weighted by Crippen LogP contribution is -2.63. The van der Waals surface area contributed by atoms with Gasteiger partial charge in [-0.25, -0.2) is 8.78 Å². The van der Waals surface area contributed by atoms with Gasteiger partial charge in [0.1, 0.15) is 24.4 Å². The standard InChI is InChI=1S/C30H29F2N5O3/c1-2-35-26-10-6-7-13-36(26)37-18-24(22-15-33-34(17-22)16-21-11-12-23(31)14-25(21)32)28(38)29(27(37)30(35)39)40-19-20-8-4-3-5-9-20/h3-5,8-9,11-12,14-15,17-18,26H,2,6-7,10,13,16,19H2,1H3/t26-/m0/s1. The predicted octanol–water partition coefficient (Wildman–Crippen LogP) is 4.54. The van der Waals surface area contributed by atoms with Crippen LogP contribution in [0.15, 0.2) is 71.9 Å². The average Bonchev–Trinajstić information content (AvgIpc) is 3.43. The van der Waals surface area contributed by atoms with Crippen LogP contribution in [0.5, 0.6) is 5.75 Å². The molecule has 10 heteroatoms. The van der Waals surface area contributed by atoms with Crippen molar-refractivity contribution in [1.29, 1.82) is 0 Å². The topological polar surface area (TPSA) is 72.6 Å². The van der Waals surface area contributed by atoms with E-state index in [0.29, 0.717) is 17.7 Å². The smallest absolute Gasteiger partial charge is 0.278 e. The fourth-order valence-corrected chi connectivity index (χ4v) is 5.55. The summed E-state index contributed by atoms with van der Waals surface area (Å²) in [4.78, 5) is 29.5. The second kappa shape index (κ2) is 10.6. The van der Waals surface area contributed by atoms with Crippen LogP contribution in [0, 0.1) is 11.6 Å². The molecule has 0 saturated carbocycles. The van der Waals surface area contributed by atoms with Crippen molar-refractivity contribution in [2.45, 2.75) is 45.5 Å². The number of piperidine rings is 1. The number of fused-ring (bicyclic) bond motifs is 3. The lowest BCUT2D eigenvalue weighted by Gasteiger charge is -2.48. The molecule has 1 fully saturated rings. The van der Waals surface area contributed by atoms with Crippen molar-refractivity contribution < 1.29 is 18.3 Å². The van der Waals surface area contributed by atoms with Gasteiger partial charge in [-0.1, -0.05) is 36.4 Å². The lowest BCUT2D eigenvalue weighted by atomic mass is 10.0. The van der Waals surface area contributed by atoms with E-state index < -0.39 is 17.1 Å². The maximum absolute atomic E-state index is 14.3. The maximum atomic E-state index is 14.3. The lowest BCUT2D eigenvalue weighted by molar-refractivity contribution is 0.0533.